The number of hydrogen-bond acceptors (Lipinski definition) is 14. The van der Waals surface area contributed by atoms with Gasteiger partial charge in [-0.1, -0.05) is 111 Å². The molecule has 4 rings (SSSR count). The number of hydrogen-bond donors (Lipinski definition) is 9. The van der Waals surface area contributed by atoms with Crippen LogP contribution in [0.2, 0.25) is 0 Å². The largest absolute Gasteiger partial charge is 0.481 e. The number of halogens is 3. The lowest BCUT2D eigenvalue weighted by atomic mass is 9.89. The van der Waals surface area contributed by atoms with Crippen molar-refractivity contribution in [1.29, 1.82) is 0 Å². The summed E-state index contributed by atoms with van der Waals surface area (Å²) in [6, 6.07) is 7.06. The first-order chi connectivity index (χ1) is 45.6. The monoisotopic (exact) mass is 1370 g/mol. The second-order valence-corrected chi connectivity index (χ2v) is 27.2. The van der Waals surface area contributed by atoms with Crippen LogP contribution in [0.1, 0.15) is 138 Å². The van der Waals surface area contributed by atoms with Crippen molar-refractivity contribution in [1.82, 2.24) is 51.5 Å². The molecule has 2 aromatic rings. The first kappa shape index (κ1) is 82.0. The van der Waals surface area contributed by atoms with Crippen molar-refractivity contribution in [2.45, 2.75) is 206 Å². The summed E-state index contributed by atoms with van der Waals surface area (Å²) < 4.78 is 53.9. The smallest absolute Gasteiger partial charge is 0.404 e. The fraction of sp³-hybridized carbons (Fsp3) is 0.681. The highest BCUT2D eigenvalue weighted by atomic mass is 19.4. The van der Waals surface area contributed by atoms with Crippen LogP contribution < -0.4 is 43.0 Å². The normalized spacial score (nSPS) is 19.1. The number of nitrogens with one attached hydrogen (secondary N) is 7. The van der Waals surface area contributed by atoms with Crippen LogP contribution in [0.15, 0.2) is 54.6 Å². The highest BCUT2D eigenvalue weighted by molar-refractivity contribution is 5.98. The van der Waals surface area contributed by atoms with E-state index in [1.54, 1.807) is 61.9 Å². The van der Waals surface area contributed by atoms with Crippen LogP contribution in [0.4, 0.5) is 23.7 Å². The molecule has 0 spiro atoms. The number of rotatable bonds is 38. The van der Waals surface area contributed by atoms with Crippen LogP contribution in [0.25, 0.3) is 0 Å². The van der Waals surface area contributed by atoms with Crippen molar-refractivity contribution < 1.29 is 75.7 Å². The zero-order chi connectivity index (χ0) is 72.6. The number of aliphatic carboxylic acids is 1. The van der Waals surface area contributed by atoms with E-state index in [0.717, 1.165) is 10.5 Å². The van der Waals surface area contributed by atoms with Gasteiger partial charge in [0, 0.05) is 59.4 Å². The predicted octanol–water partition coefficient (Wildman–Crippen LogP) is 5.20. The quantitative estimate of drug-likeness (QED) is 0.0390. The molecule has 0 aromatic heterocycles. The molecule has 10 amide bonds. The Labute approximate surface area is 570 Å². The molecule has 2 saturated heterocycles. The van der Waals surface area contributed by atoms with E-state index in [4.69, 9.17) is 15.2 Å². The Morgan fingerprint density at radius 2 is 1.35 bits per heavy atom. The number of urea groups is 1. The zero-order valence-corrected chi connectivity index (χ0v) is 59.1. The van der Waals surface area contributed by atoms with E-state index < -0.39 is 132 Å². The number of carbonyl (C=O) groups excluding carboxylic acids is 9. The third-order valence-electron chi connectivity index (χ3n) is 18.7. The second-order valence-electron chi connectivity index (χ2n) is 27.2. The fourth-order valence-corrected chi connectivity index (χ4v) is 13.1. The molecule has 2 fully saturated rings. The minimum Gasteiger partial charge on any atom is -0.481 e. The molecular formula is C69H109F3N12O13. The average Bonchev–Trinajstić information content (AvgIpc) is 1.61. The van der Waals surface area contributed by atoms with Crippen molar-refractivity contribution in [2.75, 3.05) is 66.9 Å². The van der Waals surface area contributed by atoms with Crippen molar-refractivity contribution in [3.63, 3.8) is 0 Å². The molecule has 2 aliphatic heterocycles. The number of methoxy groups -OCH3 is 2. The number of primary amides is 1. The SMILES string of the molecule is CC[C@H](C)[C@@H]([C@@H](CC(=O)N1CCC[C@H]1[C@H](OC)[C@@H](C)C(=O)N[C@@H](Cc1ccccc1)C(=O)NCc1ccc(NC(=O)[C@H](CCCNC(N)=O)NC(=O)[C@@H](NC(=O)CCCN2CC[C@@H](C(=O)O)C[C@H]2C(F)(F)F)C(C)C)cc1)OC)N(C)C(=O)[C@@H](NC(=O)[C@H](C(C)C)N(C)C)C(C)C. The standard InChI is InChI=1S/C69H109F3N12O13/c1-15-43(8)59(82(12)66(92)57(41(4)5)80-65(91)58(42(6)7)81(10)11)52(96-13)38-55(86)84-34-20-25-51(84)60(97-14)44(9)61(87)78-50(36-45-22-17-16-18-23-45)62(88)75-39-46-27-29-48(30-28-46)76-63(89)49(24-19-32-74-68(73)95)77-64(90)56(40(2)3)79-54(85)26-21-33-83-35-31-47(67(93)94)37-53(83)69(70,71)72/h16-18,22-23,27-30,40-44,47,49-53,56-60H,15,19-21,24-26,31-39H2,1-14H3,(H,75,88)(H,76,89)(H,77,90)(H,78,87)(H,79,85)(H,80,91)(H,93,94)(H3,73,74,95)/t43-,44+,47+,49-,50-,51-,52+,53-,56-,57-,58-,59-,60+/m0/s1. The van der Waals surface area contributed by atoms with Gasteiger partial charge in [-0.2, -0.15) is 13.2 Å². The molecule has 13 atom stereocenters. The second kappa shape index (κ2) is 39.2. The summed E-state index contributed by atoms with van der Waals surface area (Å²) in [4.78, 5) is 142. The van der Waals surface area contributed by atoms with Crippen LogP contribution in [0, 0.1) is 35.5 Å². The number of carbonyl (C=O) groups is 10. The van der Waals surface area contributed by atoms with E-state index in [1.165, 1.54) is 14.2 Å². The molecule has 10 N–H and O–H groups in total. The molecule has 0 radical (unpaired) electrons. The first-order valence-electron chi connectivity index (χ1n) is 33.9. The van der Waals surface area contributed by atoms with Crippen LogP contribution >= 0.6 is 0 Å². The Morgan fingerprint density at radius 3 is 1.91 bits per heavy atom. The first-order valence-corrected chi connectivity index (χ1v) is 33.9. The molecule has 2 aliphatic rings. The van der Waals surface area contributed by atoms with Gasteiger partial charge in [0.25, 0.3) is 0 Å². The molecular weight excluding hydrogens is 1260 g/mol. The van der Waals surface area contributed by atoms with Crippen molar-refractivity contribution in [3.8, 4) is 0 Å². The van der Waals surface area contributed by atoms with Crippen LogP contribution in [0.5, 0.6) is 0 Å². The molecule has 25 nitrogen and oxygen atoms in total. The number of nitrogens with two attached hydrogens (primary N) is 1. The number of carboxylic acid groups (broad SMARTS) is 1. The Kier molecular flexibility index (Phi) is 33.2. The van der Waals surface area contributed by atoms with Gasteiger partial charge in [0.05, 0.1) is 48.6 Å². The minimum atomic E-state index is -4.67. The highest BCUT2D eigenvalue weighted by Crippen LogP contribution is 2.35. The molecule has 0 saturated carbocycles. The molecule has 28 heteroatoms. The molecule has 2 aromatic carbocycles. The fourth-order valence-electron chi connectivity index (χ4n) is 13.1. The Hall–Kier alpha value is -7.43. The third kappa shape index (κ3) is 24.8. The number of carboxylic acids is 1. The van der Waals surface area contributed by atoms with Gasteiger partial charge < -0.3 is 67.3 Å². The van der Waals surface area contributed by atoms with Gasteiger partial charge in [-0.3, -0.25) is 53.0 Å². The van der Waals surface area contributed by atoms with E-state index in [-0.39, 0.29) is 107 Å². The van der Waals surface area contributed by atoms with Crippen molar-refractivity contribution >= 4 is 64.9 Å². The third-order valence-corrected chi connectivity index (χ3v) is 18.7. The maximum absolute atomic E-state index is 14.6. The summed E-state index contributed by atoms with van der Waals surface area (Å²) >= 11 is 0. The van der Waals surface area contributed by atoms with Crippen LogP contribution in [-0.4, -0.2) is 212 Å². The minimum absolute atomic E-state index is 0.00565. The van der Waals surface area contributed by atoms with Crippen molar-refractivity contribution in [2.24, 2.45) is 41.2 Å². The van der Waals surface area contributed by atoms with Crippen molar-refractivity contribution in [3.05, 3.63) is 65.7 Å². The molecule has 0 unspecified atom stereocenters. The highest BCUT2D eigenvalue weighted by Gasteiger charge is 2.48. The summed E-state index contributed by atoms with van der Waals surface area (Å²) in [6.45, 7) is 16.9. The van der Waals surface area contributed by atoms with E-state index in [2.05, 4.69) is 37.2 Å². The number of likely N-dealkylation sites (tertiary alicyclic amines) is 2. The van der Waals surface area contributed by atoms with Crippen LogP contribution in [0.3, 0.4) is 0 Å². The predicted molar refractivity (Wildman–Crippen MR) is 361 cm³/mol. The Bertz CT molecular complexity index is 2900. The summed E-state index contributed by atoms with van der Waals surface area (Å²) in [7, 11) is 8.34. The van der Waals surface area contributed by atoms with E-state index in [1.807, 2.05) is 90.9 Å². The maximum atomic E-state index is 14.6. The number of nitrogens with zero attached hydrogens (tertiary/aromatic N) is 4. The molecule has 0 aliphatic carbocycles. The van der Waals surface area contributed by atoms with Gasteiger partial charge >= 0.3 is 18.2 Å². The average molecular weight is 1370 g/mol. The summed E-state index contributed by atoms with van der Waals surface area (Å²) in [5.41, 5.74) is 6.94. The topological polar surface area (TPSA) is 333 Å². The number of amides is 10. The van der Waals surface area contributed by atoms with Gasteiger partial charge in [0.15, 0.2) is 0 Å². The number of anilines is 1. The lowest BCUT2D eigenvalue weighted by molar-refractivity contribution is -0.197. The molecule has 544 valence electrons. The number of likely N-dealkylation sites (N-methyl/N-ethyl adjacent to an activating group) is 2. The Morgan fingerprint density at radius 1 is 0.711 bits per heavy atom. The molecule has 0 bridgehead atoms. The maximum Gasteiger partial charge on any atom is 0.404 e. The lowest BCUT2D eigenvalue weighted by Crippen LogP contribution is -2.59. The zero-order valence-electron chi connectivity index (χ0n) is 59.1. The van der Waals surface area contributed by atoms with E-state index in [9.17, 15) is 66.2 Å². The number of piperidine rings is 1. The van der Waals surface area contributed by atoms with Gasteiger partial charge in [0.2, 0.25) is 47.3 Å². The number of ether oxygens (including phenoxy) is 2. The molecule has 2 heterocycles. The van der Waals surface area contributed by atoms with Crippen LogP contribution in [-0.2, 0) is 65.6 Å². The number of alkyl halides is 3. The van der Waals surface area contributed by atoms with E-state index in [0.29, 0.717) is 37.1 Å². The summed E-state index contributed by atoms with van der Waals surface area (Å²) in [6.07, 6.45) is -4.92. The summed E-state index contributed by atoms with van der Waals surface area (Å²) in [5.74, 6) is -7.92. The molecule has 97 heavy (non-hydrogen) atoms. The van der Waals surface area contributed by atoms with Gasteiger partial charge in [-0.05, 0) is 119 Å². The number of benzene rings is 2. The summed E-state index contributed by atoms with van der Waals surface area (Å²) in [5, 5.41) is 28.8. The van der Waals surface area contributed by atoms with Gasteiger partial charge in [-0.25, -0.2) is 4.79 Å². The Balaban J connectivity index is 1.43. The van der Waals surface area contributed by atoms with Gasteiger partial charge in [-0.15, -0.1) is 0 Å². The van der Waals surface area contributed by atoms with E-state index >= 15 is 0 Å². The van der Waals surface area contributed by atoms with Gasteiger partial charge in [0.1, 0.15) is 30.2 Å². The lowest BCUT2D eigenvalue weighted by Gasteiger charge is -2.41.